The molecule has 0 aromatic heterocycles. The number of halogens is 1. The highest BCUT2D eigenvalue weighted by molar-refractivity contribution is 5.78. The number of carbonyl (C=O) groups excluding carboxylic acids is 1. The van der Waals surface area contributed by atoms with Gasteiger partial charge in [-0.1, -0.05) is 19.9 Å². The molecule has 0 saturated heterocycles. The summed E-state index contributed by atoms with van der Waals surface area (Å²) in [6.45, 7) is 4.49. The maximum absolute atomic E-state index is 13.4. The molecular formula is C13H19FN2O2. The zero-order valence-corrected chi connectivity index (χ0v) is 10.9. The van der Waals surface area contributed by atoms with E-state index in [1.807, 2.05) is 13.8 Å². The Bertz CT molecular complexity index is 408. The minimum Gasteiger partial charge on any atom is -0.494 e. The van der Waals surface area contributed by atoms with Crippen molar-refractivity contribution in [2.24, 2.45) is 0 Å². The second-order valence-electron chi connectivity index (χ2n) is 4.28. The van der Waals surface area contributed by atoms with Gasteiger partial charge in [-0.15, -0.1) is 0 Å². The molecule has 100 valence electrons. The second kappa shape index (κ2) is 6.96. The van der Waals surface area contributed by atoms with Crippen LogP contribution in [0.3, 0.4) is 0 Å². The summed E-state index contributed by atoms with van der Waals surface area (Å²) in [4.78, 5) is 11.4. The predicted molar refractivity (Wildman–Crippen MR) is 67.9 cm³/mol. The van der Waals surface area contributed by atoms with Gasteiger partial charge in [0, 0.05) is 12.6 Å². The first-order chi connectivity index (χ1) is 8.52. The molecule has 1 amide bonds. The van der Waals surface area contributed by atoms with E-state index < -0.39 is 5.82 Å². The summed E-state index contributed by atoms with van der Waals surface area (Å²) in [7, 11) is 1.41. The Labute approximate surface area is 107 Å². The van der Waals surface area contributed by atoms with Gasteiger partial charge >= 0.3 is 0 Å². The van der Waals surface area contributed by atoms with Gasteiger partial charge in [0.1, 0.15) is 0 Å². The van der Waals surface area contributed by atoms with E-state index in [2.05, 4.69) is 10.6 Å². The first-order valence-corrected chi connectivity index (χ1v) is 5.85. The van der Waals surface area contributed by atoms with Gasteiger partial charge in [0.2, 0.25) is 5.91 Å². The number of hydrogen-bond acceptors (Lipinski definition) is 3. The summed E-state index contributed by atoms with van der Waals surface area (Å²) >= 11 is 0. The summed E-state index contributed by atoms with van der Waals surface area (Å²) in [5.74, 6) is -0.337. The van der Waals surface area contributed by atoms with E-state index in [0.29, 0.717) is 12.1 Å². The quantitative estimate of drug-likeness (QED) is 0.808. The van der Waals surface area contributed by atoms with E-state index in [1.165, 1.54) is 13.2 Å². The molecule has 0 aliphatic heterocycles. The van der Waals surface area contributed by atoms with Gasteiger partial charge < -0.3 is 15.4 Å². The fourth-order valence-corrected chi connectivity index (χ4v) is 1.38. The van der Waals surface area contributed by atoms with Crippen molar-refractivity contribution in [2.75, 3.05) is 13.7 Å². The molecule has 0 atom stereocenters. The average molecular weight is 254 g/mol. The van der Waals surface area contributed by atoms with E-state index in [9.17, 15) is 9.18 Å². The van der Waals surface area contributed by atoms with Gasteiger partial charge in [0.15, 0.2) is 11.6 Å². The molecule has 0 aliphatic carbocycles. The van der Waals surface area contributed by atoms with Crippen LogP contribution in [0.15, 0.2) is 18.2 Å². The standard InChI is InChI=1S/C13H19FN2O2/c1-9(2)15-8-13(17)16-7-10-4-5-12(18-3)11(14)6-10/h4-6,9,15H,7-8H2,1-3H3,(H,16,17). The van der Waals surface area contributed by atoms with E-state index in [1.54, 1.807) is 12.1 Å². The average Bonchev–Trinajstić information content (AvgIpc) is 2.34. The molecule has 4 nitrogen and oxygen atoms in total. The summed E-state index contributed by atoms with van der Waals surface area (Å²) in [6, 6.07) is 4.88. The molecule has 2 N–H and O–H groups in total. The number of carbonyl (C=O) groups is 1. The maximum Gasteiger partial charge on any atom is 0.234 e. The van der Waals surface area contributed by atoms with E-state index in [4.69, 9.17) is 4.74 Å². The van der Waals surface area contributed by atoms with Crippen LogP contribution in [0, 0.1) is 5.82 Å². The minimum atomic E-state index is -0.426. The molecule has 1 aromatic rings. The fourth-order valence-electron chi connectivity index (χ4n) is 1.38. The van der Waals surface area contributed by atoms with Gasteiger partial charge in [0.25, 0.3) is 0 Å². The van der Waals surface area contributed by atoms with Crippen LogP contribution in [-0.4, -0.2) is 25.6 Å². The van der Waals surface area contributed by atoms with Crippen molar-refractivity contribution in [1.29, 1.82) is 0 Å². The Balaban J connectivity index is 2.43. The molecule has 18 heavy (non-hydrogen) atoms. The van der Waals surface area contributed by atoms with Crippen LogP contribution in [0.4, 0.5) is 4.39 Å². The van der Waals surface area contributed by atoms with E-state index in [0.717, 1.165) is 0 Å². The number of benzene rings is 1. The summed E-state index contributed by atoms with van der Waals surface area (Å²) < 4.78 is 18.2. The SMILES string of the molecule is COc1ccc(CNC(=O)CNC(C)C)cc1F. The van der Waals surface area contributed by atoms with Crippen LogP contribution in [0.25, 0.3) is 0 Å². The number of amides is 1. The summed E-state index contributed by atoms with van der Waals surface area (Å²) in [5.41, 5.74) is 0.700. The Hall–Kier alpha value is -1.62. The Morgan fingerprint density at radius 1 is 1.44 bits per heavy atom. The molecular weight excluding hydrogens is 235 g/mol. The highest BCUT2D eigenvalue weighted by Gasteiger charge is 2.05. The molecule has 0 aliphatic rings. The van der Waals surface area contributed by atoms with Crippen LogP contribution < -0.4 is 15.4 Å². The second-order valence-corrected chi connectivity index (χ2v) is 4.28. The van der Waals surface area contributed by atoms with Crippen molar-refractivity contribution < 1.29 is 13.9 Å². The third kappa shape index (κ3) is 4.71. The zero-order chi connectivity index (χ0) is 13.5. The monoisotopic (exact) mass is 254 g/mol. The smallest absolute Gasteiger partial charge is 0.234 e. The number of nitrogens with one attached hydrogen (secondary N) is 2. The Morgan fingerprint density at radius 2 is 2.17 bits per heavy atom. The van der Waals surface area contributed by atoms with Gasteiger partial charge in [0.05, 0.1) is 13.7 Å². The number of ether oxygens (including phenoxy) is 1. The van der Waals surface area contributed by atoms with Crippen molar-refractivity contribution in [2.45, 2.75) is 26.4 Å². The normalized spacial score (nSPS) is 10.5. The molecule has 1 rings (SSSR count). The van der Waals surface area contributed by atoms with Gasteiger partial charge in [-0.2, -0.15) is 0 Å². The first-order valence-electron chi connectivity index (χ1n) is 5.85. The van der Waals surface area contributed by atoms with Crippen LogP contribution in [0.5, 0.6) is 5.75 Å². The first kappa shape index (κ1) is 14.4. The molecule has 0 saturated carbocycles. The van der Waals surface area contributed by atoms with Gasteiger partial charge in [-0.3, -0.25) is 4.79 Å². The lowest BCUT2D eigenvalue weighted by Crippen LogP contribution is -2.36. The third-order valence-electron chi connectivity index (χ3n) is 2.38. The number of hydrogen-bond donors (Lipinski definition) is 2. The maximum atomic E-state index is 13.4. The largest absolute Gasteiger partial charge is 0.494 e. The minimum absolute atomic E-state index is 0.111. The number of methoxy groups -OCH3 is 1. The van der Waals surface area contributed by atoms with Crippen molar-refractivity contribution in [3.8, 4) is 5.75 Å². The van der Waals surface area contributed by atoms with Crippen LogP contribution in [0.1, 0.15) is 19.4 Å². The lowest BCUT2D eigenvalue weighted by atomic mass is 10.2. The molecule has 0 heterocycles. The van der Waals surface area contributed by atoms with E-state index in [-0.39, 0.29) is 24.2 Å². The lowest BCUT2D eigenvalue weighted by Gasteiger charge is -2.09. The summed E-state index contributed by atoms with van der Waals surface area (Å²) in [6.07, 6.45) is 0. The predicted octanol–water partition coefficient (Wildman–Crippen LogP) is 1.45. The van der Waals surface area contributed by atoms with Crippen molar-refractivity contribution in [3.05, 3.63) is 29.6 Å². The van der Waals surface area contributed by atoms with Crippen molar-refractivity contribution in [1.82, 2.24) is 10.6 Å². The van der Waals surface area contributed by atoms with Crippen molar-refractivity contribution >= 4 is 5.91 Å². The fraction of sp³-hybridized carbons (Fsp3) is 0.462. The Morgan fingerprint density at radius 3 is 2.72 bits per heavy atom. The third-order valence-corrected chi connectivity index (χ3v) is 2.38. The van der Waals surface area contributed by atoms with Crippen LogP contribution in [-0.2, 0) is 11.3 Å². The van der Waals surface area contributed by atoms with Crippen LogP contribution in [0.2, 0.25) is 0 Å². The molecule has 0 fully saturated rings. The zero-order valence-electron chi connectivity index (χ0n) is 10.9. The number of rotatable bonds is 6. The Kier molecular flexibility index (Phi) is 5.58. The van der Waals surface area contributed by atoms with Gasteiger partial charge in [-0.05, 0) is 17.7 Å². The molecule has 5 heteroatoms. The summed E-state index contributed by atoms with van der Waals surface area (Å²) in [5, 5.41) is 5.72. The van der Waals surface area contributed by atoms with E-state index >= 15 is 0 Å². The lowest BCUT2D eigenvalue weighted by molar-refractivity contribution is -0.120. The molecule has 0 radical (unpaired) electrons. The highest BCUT2D eigenvalue weighted by Crippen LogP contribution is 2.17. The highest BCUT2D eigenvalue weighted by atomic mass is 19.1. The molecule has 0 unspecified atom stereocenters. The van der Waals surface area contributed by atoms with Crippen LogP contribution >= 0.6 is 0 Å². The molecule has 0 bridgehead atoms. The molecule has 1 aromatic carbocycles. The topological polar surface area (TPSA) is 50.4 Å². The van der Waals surface area contributed by atoms with Crippen molar-refractivity contribution in [3.63, 3.8) is 0 Å². The molecule has 0 spiro atoms. The van der Waals surface area contributed by atoms with Gasteiger partial charge in [-0.25, -0.2) is 4.39 Å².